The van der Waals surface area contributed by atoms with Crippen molar-refractivity contribution in [3.05, 3.63) is 63.7 Å². The van der Waals surface area contributed by atoms with E-state index in [9.17, 15) is 0 Å². The molecule has 0 amide bonds. The highest BCUT2D eigenvalue weighted by Gasteiger charge is 2.17. The highest BCUT2D eigenvalue weighted by molar-refractivity contribution is 6.22. The van der Waals surface area contributed by atoms with Crippen molar-refractivity contribution in [1.29, 1.82) is 0 Å². The molecule has 0 saturated carbocycles. The normalized spacial score (nSPS) is 12.3. The molecule has 1 nitrogen and oxygen atoms in total. The molecule has 0 fully saturated rings. The highest BCUT2D eigenvalue weighted by atomic mass is 35.5. The van der Waals surface area contributed by atoms with Gasteiger partial charge in [0.2, 0.25) is 0 Å². The SMILES string of the molecule is COc1c(C)cc(C(Cl)c2c(C)cccc2C)cc1C. The Hall–Kier alpha value is -1.47. The van der Waals surface area contributed by atoms with Crippen molar-refractivity contribution in [2.75, 3.05) is 7.11 Å². The summed E-state index contributed by atoms with van der Waals surface area (Å²) in [4.78, 5) is 0. The number of methoxy groups -OCH3 is 1. The fraction of sp³-hybridized carbons (Fsp3) is 0.333. The second kappa shape index (κ2) is 5.88. The summed E-state index contributed by atoms with van der Waals surface area (Å²) >= 11 is 6.74. The minimum atomic E-state index is -0.125. The maximum absolute atomic E-state index is 6.74. The predicted octanol–water partition coefficient (Wildman–Crippen LogP) is 5.26. The topological polar surface area (TPSA) is 9.23 Å². The molecule has 0 aliphatic heterocycles. The Labute approximate surface area is 126 Å². The molecule has 1 unspecified atom stereocenters. The van der Waals surface area contributed by atoms with E-state index in [4.69, 9.17) is 16.3 Å². The lowest BCUT2D eigenvalue weighted by molar-refractivity contribution is 0.408. The van der Waals surface area contributed by atoms with E-state index in [1.54, 1.807) is 7.11 Å². The van der Waals surface area contributed by atoms with Gasteiger partial charge >= 0.3 is 0 Å². The van der Waals surface area contributed by atoms with Crippen molar-refractivity contribution in [2.45, 2.75) is 33.1 Å². The molecule has 2 aromatic carbocycles. The van der Waals surface area contributed by atoms with E-state index in [-0.39, 0.29) is 5.38 Å². The Balaban J connectivity index is 2.52. The summed E-state index contributed by atoms with van der Waals surface area (Å²) in [6.07, 6.45) is 0. The van der Waals surface area contributed by atoms with Gasteiger partial charge in [0.05, 0.1) is 12.5 Å². The first-order valence-electron chi connectivity index (χ1n) is 6.81. The minimum absolute atomic E-state index is 0.125. The van der Waals surface area contributed by atoms with Crippen LogP contribution >= 0.6 is 11.6 Å². The molecule has 20 heavy (non-hydrogen) atoms. The van der Waals surface area contributed by atoms with Crippen molar-refractivity contribution in [2.24, 2.45) is 0 Å². The van der Waals surface area contributed by atoms with Crippen LogP contribution in [0.15, 0.2) is 30.3 Å². The molecule has 2 aromatic rings. The van der Waals surface area contributed by atoms with Crippen LogP contribution in [0.3, 0.4) is 0 Å². The average molecular weight is 289 g/mol. The predicted molar refractivity (Wildman–Crippen MR) is 86.1 cm³/mol. The first-order valence-corrected chi connectivity index (χ1v) is 7.24. The first-order chi connectivity index (χ1) is 9.45. The fourth-order valence-electron chi connectivity index (χ4n) is 2.85. The molecule has 2 rings (SSSR count). The van der Waals surface area contributed by atoms with Gasteiger partial charge in [0.25, 0.3) is 0 Å². The molecule has 0 aliphatic carbocycles. The summed E-state index contributed by atoms with van der Waals surface area (Å²) in [6, 6.07) is 10.5. The van der Waals surface area contributed by atoms with E-state index in [0.29, 0.717) is 0 Å². The van der Waals surface area contributed by atoms with Crippen LogP contribution in [0, 0.1) is 27.7 Å². The largest absolute Gasteiger partial charge is 0.496 e. The second-order valence-electron chi connectivity index (χ2n) is 5.36. The number of halogens is 1. The number of benzene rings is 2. The van der Waals surface area contributed by atoms with Crippen LogP contribution in [0.4, 0.5) is 0 Å². The van der Waals surface area contributed by atoms with Crippen molar-refractivity contribution in [3.8, 4) is 5.75 Å². The smallest absolute Gasteiger partial charge is 0.124 e. The maximum Gasteiger partial charge on any atom is 0.124 e. The van der Waals surface area contributed by atoms with Gasteiger partial charge < -0.3 is 4.74 Å². The zero-order valence-corrected chi connectivity index (χ0v) is 13.5. The summed E-state index contributed by atoms with van der Waals surface area (Å²) in [5.74, 6) is 0.944. The molecule has 1 atom stereocenters. The third kappa shape index (κ3) is 2.69. The van der Waals surface area contributed by atoms with E-state index in [2.05, 4.69) is 58.0 Å². The van der Waals surface area contributed by atoms with E-state index in [1.165, 1.54) is 16.7 Å². The Morgan fingerprint density at radius 1 is 0.900 bits per heavy atom. The van der Waals surface area contributed by atoms with E-state index in [1.807, 2.05) is 0 Å². The summed E-state index contributed by atoms with van der Waals surface area (Å²) in [5.41, 5.74) is 7.05. The van der Waals surface area contributed by atoms with Crippen LogP contribution in [0.5, 0.6) is 5.75 Å². The minimum Gasteiger partial charge on any atom is -0.496 e. The van der Waals surface area contributed by atoms with Crippen LogP contribution in [0.2, 0.25) is 0 Å². The van der Waals surface area contributed by atoms with E-state index < -0.39 is 0 Å². The molecule has 0 radical (unpaired) electrons. The summed E-state index contributed by atoms with van der Waals surface area (Å²) in [5, 5.41) is -0.125. The standard InChI is InChI=1S/C18H21ClO/c1-11-7-6-8-12(2)16(11)17(19)15-9-13(3)18(20-5)14(4)10-15/h6-10,17H,1-5H3. The molecule has 106 valence electrons. The zero-order chi connectivity index (χ0) is 14.9. The third-order valence-corrected chi connectivity index (χ3v) is 4.25. The second-order valence-corrected chi connectivity index (χ2v) is 5.79. The lowest BCUT2D eigenvalue weighted by Crippen LogP contribution is -2.01. The van der Waals surface area contributed by atoms with Crippen LogP contribution in [-0.4, -0.2) is 7.11 Å². The molecule has 0 bridgehead atoms. The Bertz CT molecular complexity index is 588. The number of alkyl halides is 1. The number of ether oxygens (including phenoxy) is 1. The maximum atomic E-state index is 6.74. The van der Waals surface area contributed by atoms with Gasteiger partial charge in [-0.2, -0.15) is 0 Å². The quantitative estimate of drug-likeness (QED) is 0.700. The first kappa shape index (κ1) is 14.9. The van der Waals surface area contributed by atoms with Crippen LogP contribution in [0.25, 0.3) is 0 Å². The van der Waals surface area contributed by atoms with Gasteiger partial charge in [-0.25, -0.2) is 0 Å². The number of hydrogen-bond acceptors (Lipinski definition) is 1. The monoisotopic (exact) mass is 288 g/mol. The van der Waals surface area contributed by atoms with Crippen LogP contribution < -0.4 is 4.74 Å². The summed E-state index contributed by atoms with van der Waals surface area (Å²) in [7, 11) is 1.71. The van der Waals surface area contributed by atoms with Gasteiger partial charge in [-0.05, 0) is 61.1 Å². The van der Waals surface area contributed by atoms with Gasteiger partial charge in [-0.3, -0.25) is 0 Å². The van der Waals surface area contributed by atoms with Gasteiger partial charge in [0.1, 0.15) is 5.75 Å². The lowest BCUT2D eigenvalue weighted by Gasteiger charge is -2.18. The average Bonchev–Trinajstić information content (AvgIpc) is 2.37. The van der Waals surface area contributed by atoms with Gasteiger partial charge in [0.15, 0.2) is 0 Å². The van der Waals surface area contributed by atoms with Crippen LogP contribution in [0.1, 0.15) is 38.8 Å². The number of hydrogen-bond donors (Lipinski definition) is 0. The van der Waals surface area contributed by atoms with Crippen molar-refractivity contribution >= 4 is 11.6 Å². The summed E-state index contributed by atoms with van der Waals surface area (Å²) in [6.45, 7) is 8.34. The Morgan fingerprint density at radius 3 is 1.85 bits per heavy atom. The lowest BCUT2D eigenvalue weighted by atomic mass is 9.93. The molecular weight excluding hydrogens is 268 g/mol. The molecule has 0 saturated heterocycles. The van der Waals surface area contributed by atoms with E-state index in [0.717, 1.165) is 22.4 Å². The summed E-state index contributed by atoms with van der Waals surface area (Å²) < 4.78 is 5.42. The Kier molecular flexibility index (Phi) is 4.39. The number of aryl methyl sites for hydroxylation is 4. The molecule has 2 heteroatoms. The van der Waals surface area contributed by atoms with Crippen molar-refractivity contribution < 1.29 is 4.74 Å². The Morgan fingerprint density at radius 2 is 1.40 bits per heavy atom. The molecule has 0 N–H and O–H groups in total. The van der Waals surface area contributed by atoms with Gasteiger partial charge in [-0.15, -0.1) is 11.6 Å². The van der Waals surface area contributed by atoms with Gasteiger partial charge in [0, 0.05) is 0 Å². The van der Waals surface area contributed by atoms with Gasteiger partial charge in [-0.1, -0.05) is 30.3 Å². The van der Waals surface area contributed by atoms with Crippen LogP contribution in [-0.2, 0) is 0 Å². The zero-order valence-electron chi connectivity index (χ0n) is 12.8. The molecule has 0 aliphatic rings. The molecule has 0 spiro atoms. The van der Waals surface area contributed by atoms with Crippen molar-refractivity contribution in [3.63, 3.8) is 0 Å². The van der Waals surface area contributed by atoms with E-state index >= 15 is 0 Å². The molecular formula is C18H21ClO. The third-order valence-electron chi connectivity index (χ3n) is 3.78. The molecule has 0 aromatic heterocycles. The highest BCUT2D eigenvalue weighted by Crippen LogP contribution is 2.36. The fourth-order valence-corrected chi connectivity index (χ4v) is 3.32. The molecule has 0 heterocycles. The number of rotatable bonds is 3. The van der Waals surface area contributed by atoms with Crippen molar-refractivity contribution in [1.82, 2.24) is 0 Å².